The number of ether oxygens (including phenoxy) is 1. The average Bonchev–Trinajstić information content (AvgIpc) is 3.21. The quantitative estimate of drug-likeness (QED) is 0.417. The highest BCUT2D eigenvalue weighted by atomic mass is 32.2. The molecule has 1 aliphatic rings. The lowest BCUT2D eigenvalue weighted by Gasteiger charge is -2.22. The first-order valence-electron chi connectivity index (χ1n) is 11.5. The molecule has 1 aromatic heterocycles. The van der Waals surface area contributed by atoms with Crippen LogP contribution in [0.25, 0.3) is 22.2 Å². The number of alkyl halides is 3. The summed E-state index contributed by atoms with van der Waals surface area (Å²) in [6.45, 7) is 0.188. The first-order chi connectivity index (χ1) is 16.6. The van der Waals surface area contributed by atoms with Gasteiger partial charge in [-0.05, 0) is 48.6 Å². The number of rotatable bonds is 7. The van der Waals surface area contributed by atoms with Gasteiger partial charge in [-0.25, -0.2) is 13.1 Å². The van der Waals surface area contributed by atoms with Crippen LogP contribution in [0.15, 0.2) is 47.4 Å². The fraction of sp³-hybridized carbons (Fsp3) is 0.400. The van der Waals surface area contributed by atoms with Gasteiger partial charge in [0.1, 0.15) is 0 Å². The fourth-order valence-electron chi connectivity index (χ4n) is 4.61. The number of halogens is 3. The minimum atomic E-state index is -4.77. The fourth-order valence-corrected chi connectivity index (χ4v) is 5.80. The minimum absolute atomic E-state index is 0.0213. The Morgan fingerprint density at radius 3 is 2.51 bits per heavy atom. The van der Waals surface area contributed by atoms with Crippen LogP contribution in [-0.2, 0) is 32.2 Å². The number of hydrogen-bond acceptors (Lipinski definition) is 4. The Bertz CT molecular complexity index is 1330. The number of sulfonamides is 1. The molecule has 3 aromatic rings. The van der Waals surface area contributed by atoms with Gasteiger partial charge in [0.2, 0.25) is 10.0 Å². The zero-order chi connectivity index (χ0) is 25.2. The molecule has 1 aliphatic carbocycles. The molecular formula is C25H27F3N2O4S. The van der Waals surface area contributed by atoms with Gasteiger partial charge in [-0.15, -0.1) is 0 Å². The molecule has 0 atom stereocenters. The molecule has 0 aliphatic heterocycles. The molecule has 6 nitrogen and oxygen atoms in total. The number of fused-ring (bicyclic) bond motifs is 1. The van der Waals surface area contributed by atoms with Crippen LogP contribution in [0.5, 0.6) is 0 Å². The van der Waals surface area contributed by atoms with Gasteiger partial charge < -0.3 is 9.72 Å². The Labute approximate surface area is 201 Å². The van der Waals surface area contributed by atoms with Gasteiger partial charge in [-0.3, -0.25) is 4.79 Å². The number of esters is 1. The van der Waals surface area contributed by atoms with Crippen molar-refractivity contribution in [1.29, 1.82) is 0 Å². The molecule has 0 radical (unpaired) electrons. The number of carbonyl (C=O) groups is 1. The van der Waals surface area contributed by atoms with Gasteiger partial charge in [0.25, 0.3) is 0 Å². The van der Waals surface area contributed by atoms with E-state index in [1.165, 1.54) is 13.2 Å². The molecule has 4 rings (SSSR count). The molecule has 0 spiro atoms. The van der Waals surface area contributed by atoms with Gasteiger partial charge in [0.05, 0.1) is 29.7 Å². The van der Waals surface area contributed by atoms with E-state index >= 15 is 0 Å². The standard InChI is InChI=1S/C25H27F3N2O4S/c1-34-23(31)14-21-20-9-5-6-10-22(20)30-24(21)17-11-18(25(26,27)28)13-19(12-17)35(32,33)29-15-16-7-3-2-4-8-16/h5-6,9-13,16,29-30H,2-4,7-8,14-15H2,1H3. The third-order valence-electron chi connectivity index (χ3n) is 6.48. The molecule has 1 fully saturated rings. The van der Waals surface area contributed by atoms with Crippen molar-refractivity contribution >= 4 is 26.9 Å². The van der Waals surface area contributed by atoms with Gasteiger partial charge in [-0.1, -0.05) is 37.5 Å². The summed E-state index contributed by atoms with van der Waals surface area (Å²) in [5.74, 6) is -0.394. The number of aromatic nitrogens is 1. The molecule has 188 valence electrons. The summed E-state index contributed by atoms with van der Waals surface area (Å²) in [5, 5.41) is 0.644. The second-order valence-electron chi connectivity index (χ2n) is 8.88. The van der Waals surface area contributed by atoms with Crippen molar-refractivity contribution in [2.45, 2.75) is 49.6 Å². The maximum Gasteiger partial charge on any atom is 0.416 e. The van der Waals surface area contributed by atoms with Crippen LogP contribution >= 0.6 is 0 Å². The Morgan fingerprint density at radius 1 is 1.11 bits per heavy atom. The maximum absolute atomic E-state index is 13.8. The van der Waals surface area contributed by atoms with E-state index in [4.69, 9.17) is 4.74 Å². The first kappa shape index (κ1) is 25.2. The van der Waals surface area contributed by atoms with Crippen LogP contribution < -0.4 is 4.72 Å². The molecule has 35 heavy (non-hydrogen) atoms. The van der Waals surface area contributed by atoms with Crippen LogP contribution in [-0.4, -0.2) is 33.0 Å². The van der Waals surface area contributed by atoms with Crippen LogP contribution in [0.2, 0.25) is 0 Å². The number of aromatic amines is 1. The van der Waals surface area contributed by atoms with Gasteiger partial charge in [0, 0.05) is 23.0 Å². The summed E-state index contributed by atoms with van der Waals surface area (Å²) in [7, 11) is -2.97. The minimum Gasteiger partial charge on any atom is -0.469 e. The van der Waals surface area contributed by atoms with Crippen molar-refractivity contribution < 1.29 is 31.1 Å². The molecule has 0 saturated heterocycles. The largest absolute Gasteiger partial charge is 0.469 e. The number of methoxy groups -OCH3 is 1. The molecule has 2 aromatic carbocycles. The molecule has 1 heterocycles. The molecular weight excluding hydrogens is 481 g/mol. The molecule has 0 amide bonds. The SMILES string of the molecule is COC(=O)Cc1c(-c2cc(C(F)(F)F)cc(S(=O)(=O)NCC3CCCCC3)c2)[nH]c2ccccc12. The van der Waals surface area contributed by atoms with Crippen molar-refractivity contribution in [1.82, 2.24) is 9.71 Å². The number of nitrogens with one attached hydrogen (secondary N) is 2. The van der Waals surface area contributed by atoms with Crippen LogP contribution in [0.4, 0.5) is 13.2 Å². The van der Waals surface area contributed by atoms with Crippen molar-refractivity contribution in [3.05, 3.63) is 53.6 Å². The van der Waals surface area contributed by atoms with Crippen molar-refractivity contribution in [3.63, 3.8) is 0 Å². The number of carbonyl (C=O) groups excluding carboxylic acids is 1. The second kappa shape index (κ2) is 10.0. The maximum atomic E-state index is 13.8. The van der Waals surface area contributed by atoms with Crippen LogP contribution in [0.1, 0.15) is 43.2 Å². The number of hydrogen-bond donors (Lipinski definition) is 2. The highest BCUT2D eigenvalue weighted by Gasteiger charge is 2.33. The predicted molar refractivity (Wildman–Crippen MR) is 126 cm³/mol. The average molecular weight is 509 g/mol. The van der Waals surface area contributed by atoms with Crippen molar-refractivity contribution in [2.24, 2.45) is 5.92 Å². The molecule has 10 heteroatoms. The molecule has 1 saturated carbocycles. The summed E-state index contributed by atoms with van der Waals surface area (Å²) >= 11 is 0. The summed E-state index contributed by atoms with van der Waals surface area (Å²) in [6.07, 6.45) is -0.0253. The van der Waals surface area contributed by atoms with Crippen molar-refractivity contribution in [2.75, 3.05) is 13.7 Å². The Balaban J connectivity index is 1.80. The van der Waals surface area contributed by atoms with E-state index < -0.39 is 32.6 Å². The third kappa shape index (κ3) is 5.70. The number of para-hydroxylation sites is 1. The lowest BCUT2D eigenvalue weighted by Crippen LogP contribution is -2.30. The van der Waals surface area contributed by atoms with Gasteiger partial charge in [0.15, 0.2) is 0 Å². The van der Waals surface area contributed by atoms with Crippen molar-refractivity contribution in [3.8, 4) is 11.3 Å². The van der Waals surface area contributed by atoms with Crippen LogP contribution in [0.3, 0.4) is 0 Å². The number of benzene rings is 2. The second-order valence-corrected chi connectivity index (χ2v) is 10.6. The summed E-state index contributed by atoms with van der Waals surface area (Å²) in [5.41, 5.74) is 0.221. The lowest BCUT2D eigenvalue weighted by atomic mass is 9.90. The van der Waals surface area contributed by atoms with E-state index in [1.54, 1.807) is 24.3 Å². The van der Waals surface area contributed by atoms with Gasteiger partial charge in [-0.2, -0.15) is 13.2 Å². The van der Waals surface area contributed by atoms with E-state index in [9.17, 15) is 26.4 Å². The molecule has 2 N–H and O–H groups in total. The first-order valence-corrected chi connectivity index (χ1v) is 13.0. The third-order valence-corrected chi connectivity index (χ3v) is 7.89. The zero-order valence-electron chi connectivity index (χ0n) is 19.2. The normalized spacial score (nSPS) is 15.4. The number of H-pyrrole nitrogens is 1. The topological polar surface area (TPSA) is 88.3 Å². The van der Waals surface area contributed by atoms with E-state index in [0.29, 0.717) is 22.5 Å². The highest BCUT2D eigenvalue weighted by Crippen LogP contribution is 2.37. The van der Waals surface area contributed by atoms with E-state index in [1.807, 2.05) is 0 Å². The van der Waals surface area contributed by atoms with E-state index in [2.05, 4.69) is 9.71 Å². The summed E-state index contributed by atoms with van der Waals surface area (Å²) in [6, 6.07) is 9.73. The Morgan fingerprint density at radius 2 is 1.83 bits per heavy atom. The van der Waals surface area contributed by atoms with Crippen LogP contribution in [0, 0.1) is 5.92 Å². The molecule has 0 unspecified atom stereocenters. The zero-order valence-corrected chi connectivity index (χ0v) is 20.1. The highest BCUT2D eigenvalue weighted by molar-refractivity contribution is 7.89. The van der Waals surface area contributed by atoms with Gasteiger partial charge >= 0.3 is 12.1 Å². The predicted octanol–water partition coefficient (Wildman–Crippen LogP) is 5.43. The Kier molecular flexibility index (Phi) is 7.23. The smallest absolute Gasteiger partial charge is 0.416 e. The Hall–Kier alpha value is -2.85. The lowest BCUT2D eigenvalue weighted by molar-refractivity contribution is -0.140. The molecule has 0 bridgehead atoms. The monoisotopic (exact) mass is 508 g/mol. The van der Waals surface area contributed by atoms with E-state index in [-0.39, 0.29) is 30.1 Å². The van der Waals surface area contributed by atoms with E-state index in [0.717, 1.165) is 38.2 Å². The summed E-state index contributed by atoms with van der Waals surface area (Å²) < 4.78 is 74.8. The summed E-state index contributed by atoms with van der Waals surface area (Å²) in [4.78, 5) is 14.7.